The Balaban J connectivity index is 0.727. The molecular weight excluding hydrogens is 828 g/mol. The molecule has 15 nitrogen and oxygen atoms in total. The van der Waals surface area contributed by atoms with Gasteiger partial charge in [0.2, 0.25) is 17.7 Å². The molecule has 4 fully saturated rings. The number of hydrogen-bond donors (Lipinski definition) is 2. The number of piperidine rings is 2. The molecule has 5 aliphatic heterocycles. The van der Waals surface area contributed by atoms with Gasteiger partial charge in [0.25, 0.3) is 11.8 Å². The smallest absolute Gasteiger partial charge is 0.262 e. The highest BCUT2D eigenvalue weighted by atomic mass is 35.5. The Morgan fingerprint density at radius 2 is 1.64 bits per heavy atom. The Morgan fingerprint density at radius 1 is 0.902 bits per heavy atom. The number of fused-ring (bicyclic) bond motifs is 2. The maximum atomic E-state index is 15.7. The van der Waals surface area contributed by atoms with Crippen molar-refractivity contribution < 1.29 is 33.1 Å². The summed E-state index contributed by atoms with van der Waals surface area (Å²) in [6.45, 7) is 5.43. The highest BCUT2D eigenvalue weighted by Crippen LogP contribution is 2.44. The van der Waals surface area contributed by atoms with Crippen LogP contribution in [0, 0.1) is 17.2 Å². The van der Waals surface area contributed by atoms with Crippen LogP contribution in [0.2, 0.25) is 10.0 Å². The number of ether oxygens (including phenoxy) is 1. The second-order valence-corrected chi connectivity index (χ2v) is 17.4. The van der Waals surface area contributed by atoms with Crippen LogP contribution >= 0.6 is 23.2 Å². The van der Waals surface area contributed by atoms with E-state index in [-0.39, 0.29) is 47.0 Å². The third-order valence-electron chi connectivity index (χ3n) is 12.6. The van der Waals surface area contributed by atoms with Gasteiger partial charge in [-0.15, -0.1) is 0 Å². The van der Waals surface area contributed by atoms with Crippen LogP contribution < -0.4 is 19.9 Å². The monoisotopic (exact) mass is 865 g/mol. The Hall–Kier alpha value is -6.13. The lowest BCUT2D eigenvalue weighted by Gasteiger charge is -2.61. The Bertz CT molecular complexity index is 2670. The van der Waals surface area contributed by atoms with Crippen LogP contribution in [0.15, 0.2) is 61.1 Å². The first kappa shape index (κ1) is 39.0. The first-order chi connectivity index (χ1) is 29.4. The lowest BCUT2D eigenvalue weighted by Crippen LogP contribution is -2.73. The summed E-state index contributed by atoms with van der Waals surface area (Å²) in [6.07, 6.45) is 5.60. The maximum absolute atomic E-state index is 15.7. The lowest BCUT2D eigenvalue weighted by atomic mass is 9.72. The molecule has 2 atom stereocenters. The predicted molar refractivity (Wildman–Crippen MR) is 222 cm³/mol. The van der Waals surface area contributed by atoms with E-state index >= 15 is 4.39 Å². The number of imide groups is 2. The van der Waals surface area contributed by atoms with E-state index in [0.717, 1.165) is 21.5 Å². The summed E-state index contributed by atoms with van der Waals surface area (Å²) in [5.41, 5.74) is 3.54. The molecule has 5 aromatic rings. The van der Waals surface area contributed by atoms with Crippen molar-refractivity contribution in [1.82, 2.24) is 35.3 Å². The first-order valence-electron chi connectivity index (χ1n) is 20.1. The number of halogens is 3. The van der Waals surface area contributed by atoms with Crippen LogP contribution in [0.25, 0.3) is 22.2 Å². The minimum absolute atomic E-state index is 0.0556. The van der Waals surface area contributed by atoms with Crippen molar-refractivity contribution in [2.24, 2.45) is 11.3 Å². The van der Waals surface area contributed by atoms with Gasteiger partial charge in [-0.2, -0.15) is 5.10 Å². The van der Waals surface area contributed by atoms with Gasteiger partial charge < -0.3 is 19.4 Å². The number of nitrogens with zero attached hydrogens (tertiary/aromatic N) is 7. The fourth-order valence-corrected chi connectivity index (χ4v) is 10.2. The molecule has 1 unspecified atom stereocenters. The molecular formula is C43H38Cl2FN9O6. The van der Waals surface area contributed by atoms with E-state index in [0.29, 0.717) is 84.7 Å². The fraction of sp³-hybridized carbons (Fsp3) is 0.349. The van der Waals surface area contributed by atoms with Crippen molar-refractivity contribution >= 4 is 75.1 Å². The molecule has 2 aromatic carbocycles. The zero-order valence-corrected chi connectivity index (χ0v) is 34.3. The Morgan fingerprint density at radius 3 is 2.36 bits per heavy atom. The van der Waals surface area contributed by atoms with Crippen LogP contribution in [0.5, 0.6) is 5.75 Å². The summed E-state index contributed by atoms with van der Waals surface area (Å²) in [5.74, 6) is -1.83. The van der Waals surface area contributed by atoms with Gasteiger partial charge >= 0.3 is 0 Å². The predicted octanol–water partition coefficient (Wildman–Crippen LogP) is 5.57. The number of benzene rings is 2. The van der Waals surface area contributed by atoms with Crippen molar-refractivity contribution in [3.8, 4) is 17.0 Å². The molecule has 1 spiro atoms. The summed E-state index contributed by atoms with van der Waals surface area (Å²) < 4.78 is 21.9. The van der Waals surface area contributed by atoms with Crippen molar-refractivity contribution in [2.45, 2.75) is 44.8 Å². The average Bonchev–Trinajstić information content (AvgIpc) is 3.74. The van der Waals surface area contributed by atoms with E-state index in [1.54, 1.807) is 30.5 Å². The minimum atomic E-state index is -1.02. The number of anilines is 2. The maximum Gasteiger partial charge on any atom is 0.262 e. The van der Waals surface area contributed by atoms with Gasteiger partial charge in [0, 0.05) is 97.8 Å². The quantitative estimate of drug-likeness (QED) is 0.187. The highest BCUT2D eigenvalue weighted by molar-refractivity contribution is 6.35. The Labute approximate surface area is 358 Å². The molecule has 18 heteroatoms. The number of H-pyrrole nitrogens is 1. The zero-order chi connectivity index (χ0) is 42.3. The number of hydrogen-bond acceptors (Lipinski definition) is 11. The summed E-state index contributed by atoms with van der Waals surface area (Å²) in [4.78, 5) is 79.5. The average molecular weight is 867 g/mol. The van der Waals surface area contributed by atoms with E-state index in [2.05, 4.69) is 30.4 Å². The van der Waals surface area contributed by atoms with E-state index in [1.807, 2.05) is 28.9 Å². The number of amides is 5. The molecule has 3 aromatic heterocycles. The largest absolute Gasteiger partial charge is 0.486 e. The normalized spacial score (nSPS) is 20.5. The van der Waals surface area contributed by atoms with Gasteiger partial charge in [-0.05, 0) is 68.7 Å². The molecule has 10 rings (SSSR count). The second kappa shape index (κ2) is 14.8. The number of pyridine rings is 2. The number of carbonyl (C=O) groups is 5. The van der Waals surface area contributed by atoms with E-state index < -0.39 is 41.6 Å². The minimum Gasteiger partial charge on any atom is -0.486 e. The molecule has 8 heterocycles. The van der Waals surface area contributed by atoms with E-state index in [9.17, 15) is 24.0 Å². The zero-order valence-electron chi connectivity index (χ0n) is 32.8. The van der Waals surface area contributed by atoms with Crippen LogP contribution in [0.1, 0.15) is 65.0 Å². The highest BCUT2D eigenvalue weighted by Gasteiger charge is 2.54. The number of rotatable bonds is 8. The summed E-state index contributed by atoms with van der Waals surface area (Å²) >= 11 is 12.7. The second-order valence-electron chi connectivity index (χ2n) is 16.6. The molecule has 5 aliphatic rings. The van der Waals surface area contributed by atoms with Crippen molar-refractivity contribution in [2.75, 3.05) is 49.1 Å². The third-order valence-corrected chi connectivity index (χ3v) is 13.2. The molecule has 5 amide bonds. The van der Waals surface area contributed by atoms with Crippen LogP contribution in [0.4, 0.5) is 15.9 Å². The molecule has 4 saturated heterocycles. The summed E-state index contributed by atoms with van der Waals surface area (Å²) in [6, 6.07) is 11.0. The van der Waals surface area contributed by atoms with Gasteiger partial charge in [-0.3, -0.25) is 44.3 Å². The van der Waals surface area contributed by atoms with Gasteiger partial charge in [-0.1, -0.05) is 23.2 Å². The molecule has 312 valence electrons. The summed E-state index contributed by atoms with van der Waals surface area (Å²) in [7, 11) is 0. The molecule has 61 heavy (non-hydrogen) atoms. The number of nitrogens with one attached hydrogen (secondary N) is 2. The van der Waals surface area contributed by atoms with Gasteiger partial charge in [0.1, 0.15) is 23.6 Å². The van der Waals surface area contributed by atoms with E-state index in [1.165, 1.54) is 18.5 Å². The van der Waals surface area contributed by atoms with Gasteiger partial charge in [0.05, 0.1) is 26.7 Å². The SMILES string of the molecule is C[C@@H](Oc1ccc2[nH]nc(-c3cnc(N4CC5(CN(C(=O)C6CCN(c7ccc8c(c7)C(=O)N(C7CCC(=O)NC7=O)C8=O)CC6)C5)C4)c(F)c3)c2c1)c1c(Cl)cncc1Cl. The van der Waals surface area contributed by atoms with Crippen LogP contribution in [-0.2, 0) is 14.4 Å². The van der Waals surface area contributed by atoms with Crippen molar-refractivity contribution in [3.63, 3.8) is 0 Å². The standard InChI is InChI=1S/C43H38Cl2FN9O6/c1-22(36-30(44)16-47-17-31(36)45)61-26-3-5-33-29(14-26)37(51-50-33)24-12-32(46)38(48-15-24)53-18-43(19-53)20-54(21-43)40(58)23-8-10-52(11-9-23)25-2-4-27-28(13-25)42(60)55(41(27)59)34-6-7-35(56)49-39(34)57/h2-5,12-17,22-23,34H,6-11,18-21H2,1H3,(H,50,51)(H,49,56,57)/t22-,34?/m1/s1. The van der Waals surface area contributed by atoms with Crippen LogP contribution in [0.3, 0.4) is 0 Å². The third kappa shape index (κ3) is 6.72. The first-order valence-corrected chi connectivity index (χ1v) is 20.9. The summed E-state index contributed by atoms with van der Waals surface area (Å²) in [5, 5.41) is 11.2. The molecule has 0 bridgehead atoms. The van der Waals surface area contributed by atoms with Gasteiger partial charge in [-0.25, -0.2) is 9.37 Å². The lowest BCUT2D eigenvalue weighted by molar-refractivity contribution is -0.150. The number of aromatic amines is 1. The van der Waals surface area contributed by atoms with Crippen molar-refractivity contribution in [3.05, 3.63) is 93.6 Å². The fourth-order valence-electron chi connectivity index (χ4n) is 9.48. The van der Waals surface area contributed by atoms with Gasteiger partial charge in [0.15, 0.2) is 11.6 Å². The number of likely N-dealkylation sites (tertiary alicyclic amines) is 1. The molecule has 0 aliphatic carbocycles. The molecule has 0 saturated carbocycles. The van der Waals surface area contributed by atoms with Crippen LogP contribution in [-0.4, -0.2) is 105 Å². The topological polar surface area (TPSA) is 174 Å². The molecule has 2 N–H and O–H groups in total. The number of carbonyl (C=O) groups excluding carboxylic acids is 5. The Kier molecular flexibility index (Phi) is 9.47. The number of aromatic nitrogens is 4. The van der Waals surface area contributed by atoms with Crippen molar-refractivity contribution in [1.29, 1.82) is 0 Å². The molecule has 0 radical (unpaired) electrons. The van der Waals surface area contributed by atoms with E-state index in [4.69, 9.17) is 27.9 Å².